The fourth-order valence-corrected chi connectivity index (χ4v) is 4.65. The van der Waals surface area contributed by atoms with Crippen molar-refractivity contribution >= 4 is 56.0 Å². The van der Waals surface area contributed by atoms with Gasteiger partial charge in [-0.05, 0) is 29.0 Å². The Labute approximate surface area is 181 Å². The number of thiazole rings is 1. The van der Waals surface area contributed by atoms with Crippen LogP contribution in [0.5, 0.6) is 0 Å². The van der Waals surface area contributed by atoms with Crippen molar-refractivity contribution in [3.05, 3.63) is 72.1 Å². The van der Waals surface area contributed by atoms with Gasteiger partial charge in [0.1, 0.15) is 5.52 Å². The molecule has 0 atom stereocenters. The molecule has 0 saturated heterocycles. The molecule has 0 aliphatic carbocycles. The van der Waals surface area contributed by atoms with E-state index in [-0.39, 0.29) is 5.91 Å². The average molecular weight is 432 g/mol. The summed E-state index contributed by atoms with van der Waals surface area (Å²) in [5, 5.41) is 8.41. The number of oxazole rings is 1. The molecular formula is C23H17N3O2S2. The Bertz CT molecular complexity index is 1310. The van der Waals surface area contributed by atoms with Gasteiger partial charge in [-0.15, -0.1) is 11.3 Å². The van der Waals surface area contributed by atoms with Gasteiger partial charge >= 0.3 is 0 Å². The van der Waals surface area contributed by atoms with Crippen LogP contribution in [0.3, 0.4) is 0 Å². The SMILES string of the molecule is O=C(CCSc1nc2ccccc2o1)Nc1nc(-c2ccc3ccccc3c2)cs1. The van der Waals surface area contributed by atoms with E-state index in [9.17, 15) is 4.79 Å². The number of amides is 1. The van der Waals surface area contributed by atoms with Crippen molar-refractivity contribution < 1.29 is 9.21 Å². The molecule has 0 fully saturated rings. The highest BCUT2D eigenvalue weighted by molar-refractivity contribution is 7.99. The number of anilines is 1. The van der Waals surface area contributed by atoms with Crippen LogP contribution in [-0.4, -0.2) is 21.6 Å². The zero-order chi connectivity index (χ0) is 20.3. The molecule has 148 valence electrons. The molecule has 1 N–H and O–H groups in total. The van der Waals surface area contributed by atoms with E-state index in [0.717, 1.165) is 22.4 Å². The van der Waals surface area contributed by atoms with Crippen LogP contribution in [0.1, 0.15) is 6.42 Å². The monoisotopic (exact) mass is 431 g/mol. The number of hydrogen-bond donors (Lipinski definition) is 1. The van der Waals surface area contributed by atoms with Crippen molar-refractivity contribution in [1.82, 2.24) is 9.97 Å². The van der Waals surface area contributed by atoms with E-state index in [1.54, 1.807) is 0 Å². The van der Waals surface area contributed by atoms with E-state index in [4.69, 9.17) is 4.42 Å². The van der Waals surface area contributed by atoms with Crippen LogP contribution in [0.4, 0.5) is 5.13 Å². The molecule has 3 aromatic carbocycles. The minimum Gasteiger partial charge on any atom is -0.431 e. The number of para-hydroxylation sites is 2. The van der Waals surface area contributed by atoms with Crippen LogP contribution in [0, 0.1) is 0 Å². The maximum Gasteiger partial charge on any atom is 0.256 e. The molecule has 0 spiro atoms. The molecular weight excluding hydrogens is 414 g/mol. The Balaban J connectivity index is 1.18. The van der Waals surface area contributed by atoms with E-state index < -0.39 is 0 Å². The largest absolute Gasteiger partial charge is 0.431 e. The van der Waals surface area contributed by atoms with Crippen molar-refractivity contribution in [1.29, 1.82) is 0 Å². The summed E-state index contributed by atoms with van der Waals surface area (Å²) < 4.78 is 5.66. The van der Waals surface area contributed by atoms with Crippen LogP contribution in [0.25, 0.3) is 33.1 Å². The third-order valence-corrected chi connectivity index (χ3v) is 6.21. The Morgan fingerprint density at radius 2 is 1.83 bits per heavy atom. The number of carbonyl (C=O) groups excluding carboxylic acids is 1. The Hall–Kier alpha value is -3.16. The number of benzene rings is 3. The van der Waals surface area contributed by atoms with Gasteiger partial charge in [-0.1, -0.05) is 60.3 Å². The maximum absolute atomic E-state index is 12.3. The Morgan fingerprint density at radius 1 is 1.00 bits per heavy atom. The molecule has 5 aromatic rings. The highest BCUT2D eigenvalue weighted by Crippen LogP contribution is 2.28. The number of fused-ring (bicyclic) bond motifs is 2. The first kappa shape index (κ1) is 18.8. The lowest BCUT2D eigenvalue weighted by atomic mass is 10.1. The molecule has 0 bridgehead atoms. The number of nitrogens with zero attached hydrogens (tertiary/aromatic N) is 2. The molecule has 7 heteroatoms. The topological polar surface area (TPSA) is 68.0 Å². The summed E-state index contributed by atoms with van der Waals surface area (Å²) in [6.45, 7) is 0. The van der Waals surface area contributed by atoms with Crippen molar-refractivity contribution in [3.8, 4) is 11.3 Å². The van der Waals surface area contributed by atoms with Gasteiger partial charge in [0, 0.05) is 23.1 Å². The van der Waals surface area contributed by atoms with Crippen molar-refractivity contribution in [2.24, 2.45) is 0 Å². The summed E-state index contributed by atoms with van der Waals surface area (Å²) in [4.78, 5) is 21.3. The minimum atomic E-state index is -0.0713. The van der Waals surface area contributed by atoms with Crippen molar-refractivity contribution in [3.63, 3.8) is 0 Å². The van der Waals surface area contributed by atoms with Gasteiger partial charge in [-0.2, -0.15) is 0 Å². The van der Waals surface area contributed by atoms with Gasteiger partial charge in [0.2, 0.25) is 5.91 Å². The summed E-state index contributed by atoms with van der Waals surface area (Å²) in [6, 6.07) is 22.1. The summed E-state index contributed by atoms with van der Waals surface area (Å²) in [7, 11) is 0. The predicted molar refractivity (Wildman–Crippen MR) is 123 cm³/mol. The summed E-state index contributed by atoms with van der Waals surface area (Å²) in [5.74, 6) is 0.514. The van der Waals surface area contributed by atoms with E-state index in [1.165, 1.54) is 33.9 Å². The quantitative estimate of drug-likeness (QED) is 0.323. The fraction of sp³-hybridized carbons (Fsp3) is 0.0870. The van der Waals surface area contributed by atoms with Crippen LogP contribution in [0.15, 0.2) is 81.8 Å². The van der Waals surface area contributed by atoms with E-state index in [0.29, 0.717) is 22.5 Å². The average Bonchev–Trinajstić information content (AvgIpc) is 3.40. The smallest absolute Gasteiger partial charge is 0.256 e. The highest BCUT2D eigenvalue weighted by Gasteiger charge is 2.11. The van der Waals surface area contributed by atoms with Gasteiger partial charge in [-0.25, -0.2) is 9.97 Å². The normalized spacial score (nSPS) is 11.2. The summed E-state index contributed by atoms with van der Waals surface area (Å²) >= 11 is 2.86. The second-order valence-electron chi connectivity index (χ2n) is 6.69. The zero-order valence-electron chi connectivity index (χ0n) is 15.9. The molecule has 0 saturated carbocycles. The molecule has 5 rings (SSSR count). The lowest BCUT2D eigenvalue weighted by molar-refractivity contribution is -0.115. The van der Waals surface area contributed by atoms with Crippen LogP contribution < -0.4 is 5.32 Å². The Kier molecular flexibility index (Phi) is 5.21. The maximum atomic E-state index is 12.3. The molecule has 30 heavy (non-hydrogen) atoms. The van der Waals surface area contributed by atoms with Gasteiger partial charge < -0.3 is 9.73 Å². The molecule has 5 nitrogen and oxygen atoms in total. The lowest BCUT2D eigenvalue weighted by Gasteiger charge is -2.02. The van der Waals surface area contributed by atoms with Crippen LogP contribution in [-0.2, 0) is 4.79 Å². The van der Waals surface area contributed by atoms with Gasteiger partial charge in [0.25, 0.3) is 5.22 Å². The van der Waals surface area contributed by atoms with Crippen molar-refractivity contribution in [2.75, 3.05) is 11.1 Å². The fourth-order valence-electron chi connectivity index (χ4n) is 3.14. The summed E-state index contributed by atoms with van der Waals surface area (Å²) in [5.41, 5.74) is 3.49. The molecule has 2 aromatic heterocycles. The van der Waals surface area contributed by atoms with Crippen molar-refractivity contribution in [2.45, 2.75) is 11.6 Å². The first-order valence-electron chi connectivity index (χ1n) is 9.47. The minimum absolute atomic E-state index is 0.0713. The van der Waals surface area contributed by atoms with Crippen LogP contribution in [0.2, 0.25) is 0 Å². The van der Waals surface area contributed by atoms with E-state index in [1.807, 2.05) is 41.8 Å². The third-order valence-electron chi connectivity index (χ3n) is 4.62. The molecule has 0 radical (unpaired) electrons. The molecule has 0 aliphatic heterocycles. The zero-order valence-corrected chi connectivity index (χ0v) is 17.5. The number of rotatable bonds is 6. The first-order chi connectivity index (χ1) is 14.7. The second-order valence-corrected chi connectivity index (χ2v) is 8.60. The van der Waals surface area contributed by atoms with Gasteiger partial charge in [0.05, 0.1) is 5.69 Å². The standard InChI is InChI=1S/C23H17N3O2S2/c27-21(11-12-29-23-25-18-7-3-4-8-20(18)28-23)26-22-24-19(14-30-22)17-10-9-15-5-1-2-6-16(15)13-17/h1-10,13-14H,11-12H2,(H,24,26,27). The third kappa shape index (κ3) is 4.08. The Morgan fingerprint density at radius 3 is 2.73 bits per heavy atom. The number of carbonyl (C=O) groups is 1. The van der Waals surface area contributed by atoms with E-state index >= 15 is 0 Å². The second kappa shape index (κ2) is 8.30. The number of aromatic nitrogens is 2. The molecule has 2 heterocycles. The molecule has 0 unspecified atom stereocenters. The highest BCUT2D eigenvalue weighted by atomic mass is 32.2. The van der Waals surface area contributed by atoms with E-state index in [2.05, 4.69) is 45.6 Å². The molecule has 1 amide bonds. The van der Waals surface area contributed by atoms with Gasteiger partial charge in [-0.3, -0.25) is 4.79 Å². The summed E-state index contributed by atoms with van der Waals surface area (Å²) in [6.07, 6.45) is 0.355. The first-order valence-corrected chi connectivity index (χ1v) is 11.3. The number of hydrogen-bond acceptors (Lipinski definition) is 6. The number of nitrogens with one attached hydrogen (secondary N) is 1. The van der Waals surface area contributed by atoms with Gasteiger partial charge in [0.15, 0.2) is 10.7 Å². The predicted octanol–water partition coefficient (Wildman–Crippen LogP) is 6.23. The lowest BCUT2D eigenvalue weighted by Crippen LogP contribution is -2.11. The molecule has 0 aliphatic rings. The number of thioether (sulfide) groups is 1. The van der Waals surface area contributed by atoms with Crippen LogP contribution >= 0.6 is 23.1 Å².